The lowest BCUT2D eigenvalue weighted by molar-refractivity contribution is -0.140. The van der Waals surface area contributed by atoms with Crippen LogP contribution in [0.4, 0.5) is 4.39 Å². The second kappa shape index (κ2) is 6.33. The Morgan fingerprint density at radius 1 is 1.32 bits per heavy atom. The Kier molecular flexibility index (Phi) is 4.52. The van der Waals surface area contributed by atoms with Crippen molar-refractivity contribution >= 4 is 17.7 Å². The van der Waals surface area contributed by atoms with Gasteiger partial charge in [-0.25, -0.2) is 4.39 Å². The van der Waals surface area contributed by atoms with Gasteiger partial charge in [0.05, 0.1) is 7.11 Å². The number of benzene rings is 1. The molecular weight excluding hydrogens is 265 g/mol. The quantitative estimate of drug-likeness (QED) is 0.635. The van der Waals surface area contributed by atoms with Gasteiger partial charge in [-0.2, -0.15) is 0 Å². The monoisotopic (exact) mass is 277 g/mol. The van der Waals surface area contributed by atoms with E-state index in [1.165, 1.54) is 31.0 Å². The number of ether oxygens (including phenoxy) is 1. The molecule has 0 aliphatic carbocycles. The number of carbonyl (C=O) groups is 1. The van der Waals surface area contributed by atoms with Gasteiger partial charge in [0.1, 0.15) is 11.1 Å². The van der Waals surface area contributed by atoms with E-state index in [2.05, 4.69) is 4.98 Å². The lowest BCUT2D eigenvalue weighted by atomic mass is 10.2. The number of aromatic nitrogens is 1. The van der Waals surface area contributed by atoms with Crippen LogP contribution in [-0.4, -0.2) is 18.1 Å². The molecule has 0 saturated heterocycles. The van der Waals surface area contributed by atoms with Gasteiger partial charge in [0.2, 0.25) is 0 Å². The molecule has 1 atom stereocenters. The number of methoxy groups -OCH3 is 1. The highest BCUT2D eigenvalue weighted by Gasteiger charge is 2.22. The fourth-order valence-electron chi connectivity index (χ4n) is 1.54. The van der Waals surface area contributed by atoms with E-state index in [1.807, 2.05) is 6.07 Å². The van der Waals surface area contributed by atoms with Crippen molar-refractivity contribution in [3.63, 3.8) is 0 Å². The standard InChI is InChI=1S/C14H12FNO2S/c1-18-14(17)13(10-3-2-8-16-9-10)19-12-6-4-11(15)5-7-12/h2-9,13H,1H3/t13-/m1/s1. The molecule has 1 aromatic carbocycles. The average molecular weight is 277 g/mol. The summed E-state index contributed by atoms with van der Waals surface area (Å²) in [5.74, 6) is -0.664. The summed E-state index contributed by atoms with van der Waals surface area (Å²) < 4.78 is 17.7. The van der Waals surface area contributed by atoms with E-state index in [9.17, 15) is 9.18 Å². The molecule has 98 valence electrons. The van der Waals surface area contributed by atoms with Crippen LogP contribution in [0.1, 0.15) is 10.8 Å². The minimum Gasteiger partial charge on any atom is -0.468 e. The minimum atomic E-state index is -0.510. The molecule has 0 aliphatic heterocycles. The van der Waals surface area contributed by atoms with Gasteiger partial charge in [-0.05, 0) is 35.9 Å². The maximum Gasteiger partial charge on any atom is 0.323 e. The zero-order valence-electron chi connectivity index (χ0n) is 10.2. The third-order valence-electron chi connectivity index (χ3n) is 2.47. The molecule has 0 aliphatic rings. The summed E-state index contributed by atoms with van der Waals surface area (Å²) in [6, 6.07) is 9.56. The van der Waals surface area contributed by atoms with E-state index >= 15 is 0 Å². The number of hydrogen-bond acceptors (Lipinski definition) is 4. The molecule has 5 heteroatoms. The molecule has 0 spiro atoms. The van der Waals surface area contributed by atoms with Gasteiger partial charge in [-0.1, -0.05) is 6.07 Å². The van der Waals surface area contributed by atoms with Crippen LogP contribution in [0.5, 0.6) is 0 Å². The van der Waals surface area contributed by atoms with Crippen LogP contribution in [0.3, 0.4) is 0 Å². The number of halogens is 1. The first-order valence-electron chi connectivity index (χ1n) is 5.60. The number of thioether (sulfide) groups is 1. The number of nitrogens with zero attached hydrogens (tertiary/aromatic N) is 1. The maximum absolute atomic E-state index is 12.9. The van der Waals surface area contributed by atoms with Crippen molar-refractivity contribution < 1.29 is 13.9 Å². The van der Waals surface area contributed by atoms with Crippen molar-refractivity contribution in [1.29, 1.82) is 0 Å². The predicted molar refractivity (Wildman–Crippen MR) is 71.3 cm³/mol. The molecular formula is C14H12FNO2S. The SMILES string of the molecule is COC(=O)[C@H](Sc1ccc(F)cc1)c1cccnc1. The maximum atomic E-state index is 12.9. The van der Waals surface area contributed by atoms with Crippen molar-refractivity contribution in [3.8, 4) is 0 Å². The van der Waals surface area contributed by atoms with Gasteiger partial charge in [0.15, 0.2) is 0 Å². The van der Waals surface area contributed by atoms with E-state index in [0.29, 0.717) is 0 Å². The van der Waals surface area contributed by atoms with Crippen LogP contribution in [0.25, 0.3) is 0 Å². The molecule has 0 N–H and O–H groups in total. The highest BCUT2D eigenvalue weighted by molar-refractivity contribution is 8.00. The van der Waals surface area contributed by atoms with Crippen molar-refractivity contribution in [3.05, 3.63) is 60.2 Å². The molecule has 0 unspecified atom stereocenters. The van der Waals surface area contributed by atoms with Crippen LogP contribution in [0.2, 0.25) is 0 Å². The van der Waals surface area contributed by atoms with Crippen molar-refractivity contribution in [2.45, 2.75) is 10.1 Å². The first-order valence-corrected chi connectivity index (χ1v) is 6.48. The molecule has 2 aromatic rings. The molecule has 0 saturated carbocycles. The fourth-order valence-corrected chi connectivity index (χ4v) is 2.57. The van der Waals surface area contributed by atoms with Gasteiger partial charge in [0.25, 0.3) is 0 Å². The lowest BCUT2D eigenvalue weighted by Crippen LogP contribution is -2.11. The first kappa shape index (κ1) is 13.5. The number of carbonyl (C=O) groups excluding carboxylic acids is 1. The van der Waals surface area contributed by atoms with E-state index < -0.39 is 5.25 Å². The topological polar surface area (TPSA) is 39.2 Å². The van der Waals surface area contributed by atoms with Crippen LogP contribution in [-0.2, 0) is 9.53 Å². The number of pyridine rings is 1. The zero-order valence-corrected chi connectivity index (χ0v) is 11.1. The summed E-state index contributed by atoms with van der Waals surface area (Å²) in [6.07, 6.45) is 3.26. The Balaban J connectivity index is 2.24. The summed E-state index contributed by atoms with van der Waals surface area (Å²) in [5, 5.41) is -0.510. The Hall–Kier alpha value is -1.88. The van der Waals surface area contributed by atoms with Gasteiger partial charge < -0.3 is 4.74 Å². The van der Waals surface area contributed by atoms with E-state index in [4.69, 9.17) is 4.74 Å². The molecule has 0 fully saturated rings. The second-order valence-electron chi connectivity index (χ2n) is 3.76. The first-order chi connectivity index (χ1) is 9.20. The molecule has 19 heavy (non-hydrogen) atoms. The Labute approximate surface area is 114 Å². The number of rotatable bonds is 4. The third-order valence-corrected chi connectivity index (χ3v) is 3.71. The normalized spacial score (nSPS) is 11.9. The van der Waals surface area contributed by atoms with Crippen LogP contribution in [0.15, 0.2) is 53.7 Å². The summed E-state index contributed by atoms with van der Waals surface area (Å²) in [6.45, 7) is 0. The molecule has 0 radical (unpaired) electrons. The van der Waals surface area contributed by atoms with Crippen LogP contribution < -0.4 is 0 Å². The van der Waals surface area contributed by atoms with Gasteiger partial charge in [-0.15, -0.1) is 11.8 Å². The Bertz CT molecular complexity index is 545. The van der Waals surface area contributed by atoms with Crippen molar-refractivity contribution in [1.82, 2.24) is 4.98 Å². The molecule has 0 amide bonds. The molecule has 3 nitrogen and oxygen atoms in total. The molecule has 1 heterocycles. The van der Waals surface area contributed by atoms with E-state index in [0.717, 1.165) is 10.5 Å². The molecule has 1 aromatic heterocycles. The predicted octanol–water partition coefficient (Wildman–Crippen LogP) is 3.23. The summed E-state index contributed by atoms with van der Waals surface area (Å²) in [7, 11) is 1.34. The van der Waals surface area contributed by atoms with Crippen molar-refractivity contribution in [2.75, 3.05) is 7.11 Å². The fraction of sp³-hybridized carbons (Fsp3) is 0.143. The lowest BCUT2D eigenvalue weighted by Gasteiger charge is -2.14. The Morgan fingerprint density at radius 2 is 2.05 bits per heavy atom. The highest BCUT2D eigenvalue weighted by Crippen LogP contribution is 2.35. The Morgan fingerprint density at radius 3 is 2.63 bits per heavy atom. The van der Waals surface area contributed by atoms with E-state index in [1.54, 1.807) is 30.6 Å². The van der Waals surface area contributed by atoms with Crippen LogP contribution >= 0.6 is 11.8 Å². The number of esters is 1. The molecule has 0 bridgehead atoms. The second-order valence-corrected chi connectivity index (χ2v) is 4.94. The van der Waals surface area contributed by atoms with Crippen LogP contribution in [0, 0.1) is 5.82 Å². The van der Waals surface area contributed by atoms with E-state index in [-0.39, 0.29) is 11.8 Å². The van der Waals surface area contributed by atoms with Gasteiger partial charge in [0, 0.05) is 17.3 Å². The van der Waals surface area contributed by atoms with Gasteiger partial charge >= 0.3 is 5.97 Å². The van der Waals surface area contributed by atoms with Crippen molar-refractivity contribution in [2.24, 2.45) is 0 Å². The minimum absolute atomic E-state index is 0.305. The smallest absolute Gasteiger partial charge is 0.323 e. The third kappa shape index (κ3) is 3.54. The summed E-state index contributed by atoms with van der Waals surface area (Å²) in [5.41, 5.74) is 0.753. The highest BCUT2D eigenvalue weighted by atomic mass is 32.2. The van der Waals surface area contributed by atoms with Gasteiger partial charge in [-0.3, -0.25) is 9.78 Å². The summed E-state index contributed by atoms with van der Waals surface area (Å²) >= 11 is 1.30. The number of hydrogen-bond donors (Lipinski definition) is 0. The zero-order chi connectivity index (χ0) is 13.7. The molecule has 2 rings (SSSR count). The largest absolute Gasteiger partial charge is 0.468 e. The average Bonchev–Trinajstić information content (AvgIpc) is 2.47. The summed E-state index contributed by atoms with van der Waals surface area (Å²) in [4.78, 5) is 16.6.